The summed E-state index contributed by atoms with van der Waals surface area (Å²) in [7, 11) is 0. The van der Waals surface area contributed by atoms with Crippen LogP contribution < -0.4 is 0 Å². The Kier molecular flexibility index (Phi) is 5.48. The normalized spacial score (nSPS) is 26.2. The van der Waals surface area contributed by atoms with Crippen molar-refractivity contribution in [3.8, 4) is 5.75 Å². The number of hydrogen-bond acceptors (Lipinski definition) is 3. The fraction of sp³-hybridized carbons (Fsp3) is 0.571. The molecule has 0 radical (unpaired) electrons. The van der Waals surface area contributed by atoms with E-state index in [-0.39, 0.29) is 11.9 Å². The third-order valence-electron chi connectivity index (χ3n) is 5.83. The summed E-state index contributed by atoms with van der Waals surface area (Å²) in [5.41, 5.74) is 2.46. The molecule has 136 valence electrons. The summed E-state index contributed by atoms with van der Waals surface area (Å²) in [6.45, 7) is 8.12. The fourth-order valence-corrected chi connectivity index (χ4v) is 4.20. The molecule has 1 amide bonds. The van der Waals surface area contributed by atoms with Gasteiger partial charge in [0, 0.05) is 25.2 Å². The van der Waals surface area contributed by atoms with E-state index in [0.29, 0.717) is 17.8 Å². The lowest BCUT2D eigenvalue weighted by Gasteiger charge is -2.42. The van der Waals surface area contributed by atoms with Crippen LogP contribution in [-0.2, 0) is 4.79 Å². The summed E-state index contributed by atoms with van der Waals surface area (Å²) >= 11 is 0. The Labute approximate surface area is 151 Å². The monoisotopic (exact) mass is 342 g/mol. The van der Waals surface area contributed by atoms with Crippen molar-refractivity contribution in [3.63, 3.8) is 0 Å². The number of carbonyl (C=O) groups is 1. The van der Waals surface area contributed by atoms with Gasteiger partial charge in [0.25, 0.3) is 0 Å². The summed E-state index contributed by atoms with van der Waals surface area (Å²) < 4.78 is 0. The zero-order valence-electron chi connectivity index (χ0n) is 15.6. The van der Waals surface area contributed by atoms with Crippen LogP contribution in [0, 0.1) is 0 Å². The number of likely N-dealkylation sites (tertiary alicyclic amines) is 1. The van der Waals surface area contributed by atoms with E-state index in [9.17, 15) is 9.90 Å². The highest BCUT2D eigenvalue weighted by Gasteiger charge is 2.34. The first kappa shape index (κ1) is 18.0. The molecule has 2 aliphatic heterocycles. The Bertz CT molecular complexity index is 628. The molecule has 3 unspecified atom stereocenters. The van der Waals surface area contributed by atoms with Gasteiger partial charge in [-0.1, -0.05) is 18.2 Å². The smallest absolute Gasteiger partial charge is 0.240 e. The van der Waals surface area contributed by atoms with Crippen molar-refractivity contribution in [3.05, 3.63) is 35.9 Å². The topological polar surface area (TPSA) is 43.8 Å². The van der Waals surface area contributed by atoms with Crippen LogP contribution in [0.5, 0.6) is 5.75 Å². The third-order valence-corrected chi connectivity index (χ3v) is 5.83. The molecule has 0 bridgehead atoms. The molecule has 0 spiro atoms. The van der Waals surface area contributed by atoms with E-state index in [2.05, 4.69) is 36.6 Å². The van der Waals surface area contributed by atoms with Crippen LogP contribution in [-0.4, -0.2) is 52.0 Å². The molecule has 25 heavy (non-hydrogen) atoms. The van der Waals surface area contributed by atoms with E-state index < -0.39 is 0 Å². The first-order valence-electron chi connectivity index (χ1n) is 9.52. The van der Waals surface area contributed by atoms with Crippen LogP contribution in [0.1, 0.15) is 52.0 Å². The molecule has 1 aromatic rings. The van der Waals surface area contributed by atoms with Crippen molar-refractivity contribution in [1.29, 1.82) is 0 Å². The zero-order valence-corrected chi connectivity index (χ0v) is 15.6. The predicted molar refractivity (Wildman–Crippen MR) is 101 cm³/mol. The van der Waals surface area contributed by atoms with Gasteiger partial charge in [-0.2, -0.15) is 0 Å². The number of amides is 1. The molecule has 3 atom stereocenters. The summed E-state index contributed by atoms with van der Waals surface area (Å²) in [4.78, 5) is 17.4. The van der Waals surface area contributed by atoms with Crippen LogP contribution in [0.4, 0.5) is 0 Å². The lowest BCUT2D eigenvalue weighted by Crippen LogP contribution is -2.55. The first-order valence-corrected chi connectivity index (χ1v) is 9.52. The van der Waals surface area contributed by atoms with Crippen LogP contribution >= 0.6 is 0 Å². The van der Waals surface area contributed by atoms with Crippen molar-refractivity contribution >= 4 is 11.5 Å². The second-order valence-corrected chi connectivity index (χ2v) is 7.57. The second-order valence-electron chi connectivity index (χ2n) is 7.57. The summed E-state index contributed by atoms with van der Waals surface area (Å²) in [5.74, 6) is 0.576. The minimum Gasteiger partial charge on any atom is -0.508 e. The molecule has 3 rings (SSSR count). The van der Waals surface area contributed by atoms with Gasteiger partial charge in [0.2, 0.25) is 5.91 Å². The van der Waals surface area contributed by atoms with Gasteiger partial charge in [-0.05, 0) is 69.7 Å². The molecule has 1 aromatic carbocycles. The standard InChI is InChI=1S/C21H30N2O2/c1-15-5-4-6-16(2)23(15)21(25)17(3)22-13-11-19(12-14-22)18-7-9-20(24)10-8-18/h7-11,15-17,24H,4-6,12-14H2,1-3H3. The van der Waals surface area contributed by atoms with Gasteiger partial charge >= 0.3 is 0 Å². The van der Waals surface area contributed by atoms with E-state index in [1.165, 1.54) is 12.0 Å². The fourth-order valence-electron chi connectivity index (χ4n) is 4.20. The molecule has 2 aliphatic rings. The molecule has 1 N–H and O–H groups in total. The quantitative estimate of drug-likeness (QED) is 0.912. The third kappa shape index (κ3) is 3.90. The molecule has 4 heteroatoms. The number of piperidine rings is 1. The lowest BCUT2D eigenvalue weighted by molar-refractivity contribution is -0.142. The van der Waals surface area contributed by atoms with Crippen LogP contribution in [0.25, 0.3) is 5.57 Å². The van der Waals surface area contributed by atoms with Gasteiger partial charge in [-0.15, -0.1) is 0 Å². The molecule has 0 saturated carbocycles. The van der Waals surface area contributed by atoms with Crippen LogP contribution in [0.15, 0.2) is 30.3 Å². The summed E-state index contributed by atoms with van der Waals surface area (Å²) in [6.07, 6.45) is 6.63. The highest BCUT2D eigenvalue weighted by atomic mass is 16.3. The number of rotatable bonds is 3. The van der Waals surface area contributed by atoms with Crippen LogP contribution in [0.2, 0.25) is 0 Å². The maximum absolute atomic E-state index is 13.0. The van der Waals surface area contributed by atoms with Crippen molar-refractivity contribution in [2.24, 2.45) is 0 Å². The van der Waals surface area contributed by atoms with Crippen molar-refractivity contribution in [2.45, 2.75) is 64.6 Å². The molecule has 0 aromatic heterocycles. The molecule has 2 heterocycles. The Morgan fingerprint density at radius 2 is 1.80 bits per heavy atom. The number of benzene rings is 1. The molecule has 1 fully saturated rings. The Morgan fingerprint density at radius 1 is 1.16 bits per heavy atom. The second kappa shape index (κ2) is 7.61. The van der Waals surface area contributed by atoms with Gasteiger partial charge in [-0.3, -0.25) is 9.69 Å². The van der Waals surface area contributed by atoms with E-state index in [0.717, 1.165) is 37.9 Å². The molecule has 1 saturated heterocycles. The van der Waals surface area contributed by atoms with E-state index in [4.69, 9.17) is 0 Å². The van der Waals surface area contributed by atoms with Crippen LogP contribution in [0.3, 0.4) is 0 Å². The Morgan fingerprint density at radius 3 is 2.36 bits per heavy atom. The lowest BCUT2D eigenvalue weighted by atomic mass is 9.95. The summed E-state index contributed by atoms with van der Waals surface area (Å²) in [5, 5.41) is 9.43. The van der Waals surface area contributed by atoms with Crippen molar-refractivity contribution in [1.82, 2.24) is 9.80 Å². The maximum atomic E-state index is 13.0. The van der Waals surface area contributed by atoms with E-state index >= 15 is 0 Å². The van der Waals surface area contributed by atoms with Crippen molar-refractivity contribution < 1.29 is 9.90 Å². The molecule has 0 aliphatic carbocycles. The van der Waals surface area contributed by atoms with Gasteiger partial charge in [-0.25, -0.2) is 0 Å². The van der Waals surface area contributed by atoms with Gasteiger partial charge in [0.05, 0.1) is 6.04 Å². The average Bonchev–Trinajstić information content (AvgIpc) is 2.61. The Hall–Kier alpha value is -1.81. The van der Waals surface area contributed by atoms with Gasteiger partial charge in [0.1, 0.15) is 5.75 Å². The van der Waals surface area contributed by atoms with E-state index in [1.54, 1.807) is 12.1 Å². The predicted octanol–water partition coefficient (Wildman–Crippen LogP) is 3.66. The Balaban J connectivity index is 1.65. The first-order chi connectivity index (χ1) is 12.0. The SMILES string of the molecule is CC(C(=O)N1C(C)CCCC1C)N1CC=C(c2ccc(O)cc2)CC1. The van der Waals surface area contributed by atoms with Crippen molar-refractivity contribution in [2.75, 3.05) is 13.1 Å². The largest absolute Gasteiger partial charge is 0.508 e. The molecular weight excluding hydrogens is 312 g/mol. The summed E-state index contributed by atoms with van der Waals surface area (Å²) in [6, 6.07) is 8.02. The highest BCUT2D eigenvalue weighted by molar-refractivity contribution is 5.82. The number of carbonyl (C=O) groups excluding carboxylic acids is 1. The maximum Gasteiger partial charge on any atom is 0.240 e. The minimum atomic E-state index is -0.0689. The zero-order chi connectivity index (χ0) is 18.0. The minimum absolute atomic E-state index is 0.0689. The van der Waals surface area contributed by atoms with Gasteiger partial charge in [0.15, 0.2) is 0 Å². The number of aromatic hydroxyl groups is 1. The van der Waals surface area contributed by atoms with Gasteiger partial charge < -0.3 is 10.0 Å². The highest BCUT2D eigenvalue weighted by Crippen LogP contribution is 2.27. The number of phenols is 1. The number of phenolic OH excluding ortho intramolecular Hbond substituents is 1. The molecule has 4 nitrogen and oxygen atoms in total. The average molecular weight is 342 g/mol. The number of nitrogens with zero attached hydrogens (tertiary/aromatic N) is 2. The van der Waals surface area contributed by atoms with E-state index in [1.807, 2.05) is 12.1 Å². The molecular formula is C21H30N2O2. The number of hydrogen-bond donors (Lipinski definition) is 1.